The lowest BCUT2D eigenvalue weighted by Gasteiger charge is -2.32. The molecule has 0 saturated heterocycles. The first-order chi connectivity index (χ1) is 16.3. The third kappa shape index (κ3) is 8.14. The number of carbonyl (C=O) groups excluding carboxylic acids is 2. The van der Waals surface area contributed by atoms with Crippen LogP contribution in [-0.2, 0) is 30.5 Å². The number of carboxylic acid groups (broad SMARTS) is 1. The molecule has 1 aromatic carbocycles. The fourth-order valence-electron chi connectivity index (χ4n) is 4.61. The number of hydrogen-bond donors (Lipinski definition) is 2. The minimum absolute atomic E-state index is 0.0274. The lowest BCUT2D eigenvalue weighted by Crippen LogP contribution is -2.48. The smallest absolute Gasteiger partial charge is 0.307 e. The molecule has 0 unspecified atom stereocenters. The average molecular weight is 473 g/mol. The number of nitrogens with zero attached hydrogens (tertiary/aromatic N) is 1. The van der Waals surface area contributed by atoms with Crippen molar-refractivity contribution in [1.29, 1.82) is 5.26 Å². The Morgan fingerprint density at radius 1 is 1.18 bits per heavy atom. The quantitative estimate of drug-likeness (QED) is 0.392. The minimum atomic E-state index is -0.866. The molecule has 8 nitrogen and oxygen atoms in total. The number of amides is 1. The van der Waals surface area contributed by atoms with Gasteiger partial charge in [-0.1, -0.05) is 38.3 Å². The highest BCUT2D eigenvalue weighted by molar-refractivity contribution is 5.84. The molecule has 1 amide bonds. The Morgan fingerprint density at radius 3 is 2.41 bits per heavy atom. The highest BCUT2D eigenvalue weighted by atomic mass is 16.5. The molecule has 2 N–H and O–H groups in total. The molecule has 0 heterocycles. The van der Waals surface area contributed by atoms with E-state index in [2.05, 4.69) is 11.4 Å². The molecule has 34 heavy (non-hydrogen) atoms. The van der Waals surface area contributed by atoms with Crippen LogP contribution < -0.4 is 5.32 Å². The Labute approximate surface area is 201 Å². The summed E-state index contributed by atoms with van der Waals surface area (Å²) in [4.78, 5) is 37.4. The van der Waals surface area contributed by atoms with Crippen molar-refractivity contribution in [3.05, 3.63) is 35.4 Å². The van der Waals surface area contributed by atoms with Gasteiger partial charge < -0.3 is 19.9 Å². The van der Waals surface area contributed by atoms with Crippen LogP contribution in [0.1, 0.15) is 76.3 Å². The Hall–Kier alpha value is -2.92. The summed E-state index contributed by atoms with van der Waals surface area (Å²) in [7, 11) is 0. The van der Waals surface area contributed by atoms with Gasteiger partial charge in [-0.15, -0.1) is 0 Å². The molecule has 0 aliphatic heterocycles. The molecular weight excluding hydrogens is 436 g/mol. The molecule has 1 aromatic rings. The maximum atomic E-state index is 13.4. The summed E-state index contributed by atoms with van der Waals surface area (Å²) < 4.78 is 10.9. The van der Waals surface area contributed by atoms with Gasteiger partial charge in [-0.3, -0.25) is 14.4 Å². The molecule has 1 aliphatic rings. The predicted octanol–water partition coefficient (Wildman–Crippen LogP) is 3.96. The van der Waals surface area contributed by atoms with Crippen molar-refractivity contribution in [3.8, 4) is 6.07 Å². The van der Waals surface area contributed by atoms with Crippen molar-refractivity contribution in [3.63, 3.8) is 0 Å². The van der Waals surface area contributed by atoms with Crippen molar-refractivity contribution in [2.45, 2.75) is 77.9 Å². The Morgan fingerprint density at radius 2 is 1.85 bits per heavy atom. The number of aliphatic carboxylic acids is 1. The van der Waals surface area contributed by atoms with E-state index in [4.69, 9.17) is 14.7 Å². The van der Waals surface area contributed by atoms with E-state index < -0.39 is 29.3 Å². The van der Waals surface area contributed by atoms with Gasteiger partial charge in [0, 0.05) is 0 Å². The summed E-state index contributed by atoms with van der Waals surface area (Å²) in [5.41, 5.74) is 0.690. The molecule has 0 radical (unpaired) electrons. The summed E-state index contributed by atoms with van der Waals surface area (Å²) in [6, 6.07) is 8.48. The van der Waals surface area contributed by atoms with Gasteiger partial charge in [0.25, 0.3) is 0 Å². The number of carboxylic acids is 1. The molecule has 0 spiro atoms. The SMILES string of the molecule is CCC[C@H](CC1(C(=O)N[C@@H](COCc2ccc(C#N)cc2)CC(=O)OCC)CCCC1)C(=O)O. The normalized spacial score (nSPS) is 16.3. The van der Waals surface area contributed by atoms with Crippen molar-refractivity contribution < 1.29 is 29.0 Å². The molecule has 2 atom stereocenters. The van der Waals surface area contributed by atoms with Gasteiger partial charge in [0.1, 0.15) is 0 Å². The fraction of sp³-hybridized carbons (Fsp3) is 0.615. The Kier molecular flexibility index (Phi) is 11.0. The first kappa shape index (κ1) is 27.3. The fourth-order valence-corrected chi connectivity index (χ4v) is 4.61. The van der Waals surface area contributed by atoms with Crippen LogP contribution in [0.5, 0.6) is 0 Å². The highest BCUT2D eigenvalue weighted by Crippen LogP contribution is 2.44. The summed E-state index contributed by atoms with van der Waals surface area (Å²) in [5.74, 6) is -2.06. The van der Waals surface area contributed by atoms with E-state index in [0.29, 0.717) is 31.2 Å². The summed E-state index contributed by atoms with van der Waals surface area (Å²) in [6.07, 6.45) is 4.59. The third-order valence-electron chi connectivity index (χ3n) is 6.39. The lowest BCUT2D eigenvalue weighted by atomic mass is 9.75. The standard InChI is InChI=1S/C26H36N2O6/c1-3-7-21(24(30)31)15-26(12-5-6-13-26)25(32)28-22(14-23(29)34-4-2)18-33-17-20-10-8-19(16-27)9-11-20/h8-11,21-22H,3-7,12-15,17-18H2,1-2H3,(H,28,32)(H,30,31)/t21-,22-/m1/s1. The van der Waals surface area contributed by atoms with Gasteiger partial charge in [0.15, 0.2) is 0 Å². The Bertz CT molecular complexity index is 855. The zero-order valence-corrected chi connectivity index (χ0v) is 20.2. The van der Waals surface area contributed by atoms with Crippen molar-refractivity contribution in [2.24, 2.45) is 11.3 Å². The lowest BCUT2D eigenvalue weighted by molar-refractivity contribution is -0.145. The van der Waals surface area contributed by atoms with Crippen LogP contribution in [0.3, 0.4) is 0 Å². The predicted molar refractivity (Wildman–Crippen MR) is 126 cm³/mol. The number of nitriles is 1. The number of carbonyl (C=O) groups is 3. The maximum absolute atomic E-state index is 13.4. The van der Waals surface area contributed by atoms with E-state index >= 15 is 0 Å². The highest BCUT2D eigenvalue weighted by Gasteiger charge is 2.44. The van der Waals surface area contributed by atoms with Gasteiger partial charge in [-0.05, 0) is 50.3 Å². The van der Waals surface area contributed by atoms with Crippen LogP contribution in [0.25, 0.3) is 0 Å². The zero-order chi connectivity index (χ0) is 25.0. The van der Waals surface area contributed by atoms with Gasteiger partial charge in [0.05, 0.1) is 55.2 Å². The van der Waals surface area contributed by atoms with E-state index in [1.165, 1.54) is 0 Å². The molecule has 2 rings (SSSR count). The van der Waals surface area contributed by atoms with E-state index in [1.54, 1.807) is 31.2 Å². The van der Waals surface area contributed by atoms with Crippen LogP contribution in [0, 0.1) is 22.7 Å². The number of esters is 1. The second-order valence-corrected chi connectivity index (χ2v) is 9.02. The number of ether oxygens (including phenoxy) is 2. The van der Waals surface area contributed by atoms with Gasteiger partial charge >= 0.3 is 11.9 Å². The third-order valence-corrected chi connectivity index (χ3v) is 6.39. The van der Waals surface area contributed by atoms with E-state index in [0.717, 1.165) is 24.8 Å². The summed E-state index contributed by atoms with van der Waals surface area (Å²) in [6.45, 7) is 4.28. The van der Waals surface area contributed by atoms with Crippen molar-refractivity contribution in [2.75, 3.05) is 13.2 Å². The monoisotopic (exact) mass is 472 g/mol. The number of nitrogens with one attached hydrogen (secondary N) is 1. The van der Waals surface area contributed by atoms with Crippen LogP contribution in [-0.4, -0.2) is 42.2 Å². The first-order valence-electron chi connectivity index (χ1n) is 12.1. The number of benzene rings is 1. The second-order valence-electron chi connectivity index (χ2n) is 9.02. The van der Waals surface area contributed by atoms with E-state index in [9.17, 15) is 19.5 Å². The Balaban J connectivity index is 2.07. The molecule has 1 aliphatic carbocycles. The molecule has 186 valence electrons. The van der Waals surface area contributed by atoms with E-state index in [1.807, 2.05) is 6.92 Å². The number of hydrogen-bond acceptors (Lipinski definition) is 6. The van der Waals surface area contributed by atoms with E-state index in [-0.39, 0.29) is 32.1 Å². The average Bonchev–Trinajstić information content (AvgIpc) is 3.29. The molecule has 1 saturated carbocycles. The topological polar surface area (TPSA) is 126 Å². The van der Waals surface area contributed by atoms with Gasteiger partial charge in [-0.25, -0.2) is 0 Å². The second kappa shape index (κ2) is 13.7. The van der Waals surface area contributed by atoms with Crippen LogP contribution in [0.4, 0.5) is 0 Å². The van der Waals surface area contributed by atoms with Gasteiger partial charge in [0.2, 0.25) is 5.91 Å². The molecule has 0 bridgehead atoms. The summed E-state index contributed by atoms with van der Waals surface area (Å²) in [5, 5.41) is 21.5. The molecule has 0 aromatic heterocycles. The summed E-state index contributed by atoms with van der Waals surface area (Å²) >= 11 is 0. The van der Waals surface area contributed by atoms with Crippen molar-refractivity contribution in [1.82, 2.24) is 5.32 Å². The van der Waals surface area contributed by atoms with Crippen LogP contribution >= 0.6 is 0 Å². The minimum Gasteiger partial charge on any atom is -0.481 e. The molecular formula is C26H36N2O6. The van der Waals surface area contributed by atoms with Gasteiger partial charge in [-0.2, -0.15) is 5.26 Å². The maximum Gasteiger partial charge on any atom is 0.307 e. The molecule has 1 fully saturated rings. The molecule has 8 heteroatoms. The van der Waals surface area contributed by atoms with Crippen LogP contribution in [0.15, 0.2) is 24.3 Å². The van der Waals surface area contributed by atoms with Crippen molar-refractivity contribution >= 4 is 17.8 Å². The van der Waals surface area contributed by atoms with Crippen LogP contribution in [0.2, 0.25) is 0 Å². The largest absolute Gasteiger partial charge is 0.481 e. The zero-order valence-electron chi connectivity index (χ0n) is 20.2. The first-order valence-corrected chi connectivity index (χ1v) is 12.1. The number of rotatable bonds is 14.